The zero-order valence-corrected chi connectivity index (χ0v) is 12.5. The van der Waals surface area contributed by atoms with Gasteiger partial charge >= 0.3 is 6.09 Å². The van der Waals surface area contributed by atoms with Gasteiger partial charge < -0.3 is 4.74 Å². The van der Waals surface area contributed by atoms with Crippen molar-refractivity contribution in [1.29, 1.82) is 0 Å². The van der Waals surface area contributed by atoms with Crippen molar-refractivity contribution in [2.75, 3.05) is 12.0 Å². The summed E-state index contributed by atoms with van der Waals surface area (Å²) in [6, 6.07) is 12.2. The summed E-state index contributed by atoms with van der Waals surface area (Å²) in [5.74, 6) is 0. The SMILES string of the molecule is COC(=O)N1c2cc(C)ccc2Sc2ccc(C)cc21. The van der Waals surface area contributed by atoms with Gasteiger partial charge in [-0.1, -0.05) is 23.9 Å². The van der Waals surface area contributed by atoms with Gasteiger partial charge in [0, 0.05) is 9.79 Å². The molecule has 0 saturated heterocycles. The summed E-state index contributed by atoms with van der Waals surface area (Å²) in [4.78, 5) is 16.0. The summed E-state index contributed by atoms with van der Waals surface area (Å²) in [5.41, 5.74) is 4.02. The highest BCUT2D eigenvalue weighted by Gasteiger charge is 2.29. The Balaban J connectivity index is 2.23. The number of methoxy groups -OCH3 is 1. The Labute approximate surface area is 122 Å². The number of fused-ring (bicyclic) bond motifs is 2. The van der Waals surface area contributed by atoms with E-state index >= 15 is 0 Å². The quantitative estimate of drug-likeness (QED) is 0.704. The molecule has 20 heavy (non-hydrogen) atoms. The molecule has 0 saturated carbocycles. The first-order valence-electron chi connectivity index (χ1n) is 6.37. The third kappa shape index (κ3) is 2.06. The molecule has 0 aliphatic carbocycles. The number of carbonyl (C=O) groups excluding carboxylic acids is 1. The maximum atomic E-state index is 12.2. The average molecular weight is 285 g/mol. The number of benzene rings is 2. The van der Waals surface area contributed by atoms with Crippen LogP contribution in [0.3, 0.4) is 0 Å². The van der Waals surface area contributed by atoms with E-state index in [1.807, 2.05) is 38.1 Å². The van der Waals surface area contributed by atoms with Gasteiger partial charge in [-0.2, -0.15) is 0 Å². The Hall–Kier alpha value is -1.94. The largest absolute Gasteiger partial charge is 0.452 e. The highest BCUT2D eigenvalue weighted by Crippen LogP contribution is 2.48. The molecule has 0 spiro atoms. The Morgan fingerprint density at radius 2 is 1.50 bits per heavy atom. The summed E-state index contributed by atoms with van der Waals surface area (Å²) in [6.45, 7) is 4.04. The number of amides is 1. The number of hydrogen-bond donors (Lipinski definition) is 0. The Morgan fingerprint density at radius 3 is 1.95 bits per heavy atom. The molecule has 1 heterocycles. The Kier molecular flexibility index (Phi) is 3.18. The number of rotatable bonds is 0. The lowest BCUT2D eigenvalue weighted by atomic mass is 10.1. The molecule has 0 aromatic heterocycles. The average Bonchev–Trinajstić information content (AvgIpc) is 2.44. The summed E-state index contributed by atoms with van der Waals surface area (Å²) in [7, 11) is 1.41. The lowest BCUT2D eigenvalue weighted by molar-refractivity contribution is 0.181. The first kappa shape index (κ1) is 13.1. The number of ether oxygens (including phenoxy) is 1. The van der Waals surface area contributed by atoms with E-state index in [4.69, 9.17) is 4.74 Å². The van der Waals surface area contributed by atoms with Crippen molar-refractivity contribution in [2.24, 2.45) is 0 Å². The standard InChI is InChI=1S/C16H15NO2S/c1-10-4-6-14-12(8-10)17(16(18)19-3)13-9-11(2)5-7-15(13)20-14/h4-9H,1-3H3. The normalized spacial score (nSPS) is 12.7. The van der Waals surface area contributed by atoms with Crippen molar-refractivity contribution in [1.82, 2.24) is 0 Å². The first-order chi connectivity index (χ1) is 9.60. The maximum Gasteiger partial charge on any atom is 0.418 e. The van der Waals surface area contributed by atoms with E-state index < -0.39 is 0 Å². The molecule has 1 aliphatic rings. The molecular formula is C16H15NO2S. The minimum Gasteiger partial charge on any atom is -0.452 e. The van der Waals surface area contributed by atoms with Crippen molar-refractivity contribution in [3.8, 4) is 0 Å². The van der Waals surface area contributed by atoms with Gasteiger partial charge in [-0.05, 0) is 49.2 Å². The third-order valence-corrected chi connectivity index (χ3v) is 4.42. The van der Waals surface area contributed by atoms with Crippen molar-refractivity contribution >= 4 is 29.2 Å². The number of nitrogens with zero attached hydrogens (tertiary/aromatic N) is 1. The summed E-state index contributed by atoms with van der Waals surface area (Å²) >= 11 is 1.68. The molecule has 102 valence electrons. The molecule has 0 unspecified atom stereocenters. The maximum absolute atomic E-state index is 12.2. The van der Waals surface area contributed by atoms with Gasteiger partial charge in [0.1, 0.15) is 0 Å². The van der Waals surface area contributed by atoms with E-state index in [-0.39, 0.29) is 6.09 Å². The van der Waals surface area contributed by atoms with Crippen LogP contribution in [0.1, 0.15) is 11.1 Å². The second kappa shape index (κ2) is 4.87. The van der Waals surface area contributed by atoms with E-state index in [2.05, 4.69) is 12.1 Å². The summed E-state index contributed by atoms with van der Waals surface area (Å²) in [5, 5.41) is 0. The first-order valence-corrected chi connectivity index (χ1v) is 7.19. The minimum absolute atomic E-state index is 0.357. The van der Waals surface area contributed by atoms with Gasteiger partial charge in [0.15, 0.2) is 0 Å². The van der Waals surface area contributed by atoms with Crippen LogP contribution in [-0.4, -0.2) is 13.2 Å². The molecule has 3 nitrogen and oxygen atoms in total. The third-order valence-electron chi connectivity index (χ3n) is 3.29. The fourth-order valence-electron chi connectivity index (χ4n) is 2.31. The van der Waals surface area contributed by atoms with Crippen LogP contribution in [0, 0.1) is 13.8 Å². The molecule has 0 bridgehead atoms. The van der Waals surface area contributed by atoms with Crippen molar-refractivity contribution in [3.63, 3.8) is 0 Å². The monoisotopic (exact) mass is 285 g/mol. The van der Waals surface area contributed by atoms with Crippen molar-refractivity contribution in [2.45, 2.75) is 23.6 Å². The number of anilines is 2. The van der Waals surface area contributed by atoms with Crippen LogP contribution in [0.15, 0.2) is 46.2 Å². The molecule has 2 aromatic rings. The molecule has 0 radical (unpaired) electrons. The fraction of sp³-hybridized carbons (Fsp3) is 0.188. The zero-order chi connectivity index (χ0) is 14.3. The predicted molar refractivity (Wildman–Crippen MR) is 81.0 cm³/mol. The van der Waals surface area contributed by atoms with E-state index in [0.29, 0.717) is 0 Å². The van der Waals surface area contributed by atoms with Crippen molar-refractivity contribution < 1.29 is 9.53 Å². The highest BCUT2D eigenvalue weighted by molar-refractivity contribution is 7.99. The van der Waals surface area contributed by atoms with E-state index in [1.54, 1.807) is 16.7 Å². The topological polar surface area (TPSA) is 29.5 Å². The van der Waals surface area contributed by atoms with Gasteiger partial charge in [0.25, 0.3) is 0 Å². The van der Waals surface area contributed by atoms with Crippen LogP contribution >= 0.6 is 11.8 Å². The van der Waals surface area contributed by atoms with Crippen LogP contribution in [0.25, 0.3) is 0 Å². The summed E-state index contributed by atoms with van der Waals surface area (Å²) in [6.07, 6.45) is -0.357. The number of hydrogen-bond acceptors (Lipinski definition) is 3. The molecule has 0 N–H and O–H groups in total. The van der Waals surface area contributed by atoms with E-state index in [0.717, 1.165) is 32.3 Å². The van der Waals surface area contributed by atoms with E-state index in [9.17, 15) is 4.79 Å². The van der Waals surface area contributed by atoms with Gasteiger partial charge in [-0.3, -0.25) is 0 Å². The molecule has 0 fully saturated rings. The molecule has 1 amide bonds. The van der Waals surface area contributed by atoms with Crippen molar-refractivity contribution in [3.05, 3.63) is 47.5 Å². The lowest BCUT2D eigenvalue weighted by Crippen LogP contribution is -2.28. The lowest BCUT2D eigenvalue weighted by Gasteiger charge is -2.30. The van der Waals surface area contributed by atoms with Gasteiger partial charge in [0.05, 0.1) is 18.5 Å². The Morgan fingerprint density at radius 1 is 1.00 bits per heavy atom. The van der Waals surface area contributed by atoms with Gasteiger partial charge in [-0.15, -0.1) is 0 Å². The van der Waals surface area contributed by atoms with Crippen LogP contribution < -0.4 is 4.90 Å². The predicted octanol–water partition coefficient (Wildman–Crippen LogP) is 4.67. The summed E-state index contributed by atoms with van der Waals surface area (Å²) < 4.78 is 4.96. The number of aryl methyl sites for hydroxylation is 2. The minimum atomic E-state index is -0.357. The highest BCUT2D eigenvalue weighted by atomic mass is 32.2. The molecule has 1 aliphatic heterocycles. The van der Waals surface area contributed by atoms with E-state index in [1.165, 1.54) is 7.11 Å². The molecule has 3 rings (SSSR count). The molecule has 4 heteroatoms. The second-order valence-electron chi connectivity index (χ2n) is 4.85. The second-order valence-corrected chi connectivity index (χ2v) is 5.93. The van der Waals surface area contributed by atoms with Crippen LogP contribution in [-0.2, 0) is 4.74 Å². The van der Waals surface area contributed by atoms with Crippen LogP contribution in [0.4, 0.5) is 16.2 Å². The molecule has 0 atom stereocenters. The smallest absolute Gasteiger partial charge is 0.418 e. The van der Waals surface area contributed by atoms with Gasteiger partial charge in [-0.25, -0.2) is 9.69 Å². The van der Waals surface area contributed by atoms with Crippen LogP contribution in [0.5, 0.6) is 0 Å². The van der Waals surface area contributed by atoms with Gasteiger partial charge in [0.2, 0.25) is 0 Å². The Bertz CT molecular complexity index is 645. The zero-order valence-electron chi connectivity index (χ0n) is 11.6. The fourth-order valence-corrected chi connectivity index (χ4v) is 3.33. The molecular weight excluding hydrogens is 270 g/mol. The number of carbonyl (C=O) groups is 1. The van der Waals surface area contributed by atoms with Crippen LogP contribution in [0.2, 0.25) is 0 Å². The molecule has 2 aromatic carbocycles.